The zero-order chi connectivity index (χ0) is 15.7. The van der Waals surface area contributed by atoms with Crippen LogP contribution in [0.25, 0.3) is 0 Å². The fourth-order valence-corrected chi connectivity index (χ4v) is 2.96. The lowest BCUT2D eigenvalue weighted by Gasteiger charge is -2.37. The van der Waals surface area contributed by atoms with Crippen molar-refractivity contribution in [1.29, 1.82) is 0 Å². The van der Waals surface area contributed by atoms with Gasteiger partial charge in [-0.2, -0.15) is 0 Å². The molecule has 0 bridgehead atoms. The van der Waals surface area contributed by atoms with Gasteiger partial charge in [0, 0.05) is 12.5 Å². The van der Waals surface area contributed by atoms with E-state index in [0.717, 1.165) is 18.8 Å². The lowest BCUT2D eigenvalue weighted by atomic mass is 9.98. The summed E-state index contributed by atoms with van der Waals surface area (Å²) in [5.74, 6) is -2.22. The van der Waals surface area contributed by atoms with Crippen LogP contribution in [0.2, 0.25) is 0 Å². The van der Waals surface area contributed by atoms with E-state index in [4.69, 9.17) is 0 Å². The molecule has 0 spiro atoms. The zero-order valence-corrected chi connectivity index (χ0v) is 12.4. The van der Waals surface area contributed by atoms with Gasteiger partial charge in [0.15, 0.2) is 6.23 Å². The van der Waals surface area contributed by atoms with Crippen molar-refractivity contribution >= 4 is 11.4 Å². The number of phenolic OH excluding ortho intramolecular Hbond substituents is 1. The molecule has 3 rings (SSSR count). The van der Waals surface area contributed by atoms with E-state index in [1.165, 1.54) is 31.0 Å². The van der Waals surface area contributed by atoms with Gasteiger partial charge in [-0.3, -0.25) is 0 Å². The van der Waals surface area contributed by atoms with E-state index in [-0.39, 0.29) is 12.2 Å². The van der Waals surface area contributed by atoms with Gasteiger partial charge in [-0.15, -0.1) is 0 Å². The molecule has 1 heterocycles. The third-order valence-electron chi connectivity index (χ3n) is 4.46. The molecule has 1 fully saturated rings. The number of halogens is 2. The molecule has 1 aromatic rings. The molecular formula is C16H22F2N2O2. The Labute approximate surface area is 128 Å². The Kier molecular flexibility index (Phi) is 4.12. The Hall–Kier alpha value is -1.56. The number of aliphatic hydroxyl groups excluding tert-OH is 1. The quantitative estimate of drug-likeness (QED) is 0.479. The van der Waals surface area contributed by atoms with Crippen LogP contribution in [0.3, 0.4) is 0 Å². The summed E-state index contributed by atoms with van der Waals surface area (Å²) in [5, 5.41) is 24.7. The Morgan fingerprint density at radius 1 is 1.14 bits per heavy atom. The van der Waals surface area contributed by atoms with E-state index in [9.17, 15) is 19.0 Å². The highest BCUT2D eigenvalue weighted by molar-refractivity contribution is 5.73. The average Bonchev–Trinajstić information content (AvgIpc) is 3.26. The lowest BCUT2D eigenvalue weighted by molar-refractivity contribution is -0.0600. The highest BCUT2D eigenvalue weighted by Crippen LogP contribution is 2.39. The maximum absolute atomic E-state index is 14.4. The van der Waals surface area contributed by atoms with Crippen molar-refractivity contribution < 1.29 is 19.0 Å². The number of nitrogens with one attached hydrogen (secondary N) is 2. The van der Waals surface area contributed by atoms with Crippen LogP contribution in [0.15, 0.2) is 18.2 Å². The maximum atomic E-state index is 14.4. The monoisotopic (exact) mass is 312 g/mol. The summed E-state index contributed by atoms with van der Waals surface area (Å²) in [6.07, 6.45) is 3.19. The first kappa shape index (κ1) is 15.3. The number of aliphatic hydroxyl groups is 1. The largest absolute Gasteiger partial charge is 0.508 e. The van der Waals surface area contributed by atoms with Crippen LogP contribution in [0.1, 0.15) is 38.5 Å². The molecule has 122 valence electrons. The van der Waals surface area contributed by atoms with Crippen molar-refractivity contribution in [2.45, 2.75) is 56.7 Å². The Balaban J connectivity index is 1.60. The molecular weight excluding hydrogens is 290 g/mol. The fourth-order valence-electron chi connectivity index (χ4n) is 2.96. The van der Waals surface area contributed by atoms with Gasteiger partial charge < -0.3 is 20.8 Å². The topological polar surface area (TPSA) is 64.5 Å². The number of unbranched alkanes of at least 4 members (excludes halogenated alkanes) is 1. The minimum Gasteiger partial charge on any atom is -0.508 e. The lowest BCUT2D eigenvalue weighted by Crippen LogP contribution is -2.53. The zero-order valence-electron chi connectivity index (χ0n) is 12.4. The van der Waals surface area contributed by atoms with Crippen LogP contribution >= 0.6 is 0 Å². The summed E-state index contributed by atoms with van der Waals surface area (Å²) < 4.78 is 28.7. The fraction of sp³-hybridized carbons (Fsp3) is 0.625. The van der Waals surface area contributed by atoms with Crippen LogP contribution in [-0.4, -0.2) is 28.4 Å². The second kappa shape index (κ2) is 5.91. The van der Waals surface area contributed by atoms with E-state index in [1.54, 1.807) is 0 Å². The van der Waals surface area contributed by atoms with Crippen molar-refractivity contribution in [1.82, 2.24) is 0 Å². The summed E-state index contributed by atoms with van der Waals surface area (Å²) in [4.78, 5) is 0. The minimum atomic E-state index is -2.99. The van der Waals surface area contributed by atoms with Crippen molar-refractivity contribution in [2.24, 2.45) is 5.92 Å². The SMILES string of the molecule is Oc1ccc2c(c1)NC(O)C(C(F)(F)CCCCC1CC1)N2. The standard InChI is InChI=1S/C16H22F2N2O2/c17-16(18,8-2-1-3-10-4-5-10)14-15(22)20-13-9-11(21)6-7-12(13)19-14/h6-7,9-10,14-15,19-22H,1-5,8H2. The minimum absolute atomic E-state index is 0.0190. The number of alkyl halides is 2. The van der Waals surface area contributed by atoms with Crippen LogP contribution in [0.4, 0.5) is 20.2 Å². The van der Waals surface area contributed by atoms with E-state index in [1.807, 2.05) is 0 Å². The molecule has 0 saturated heterocycles. The van der Waals surface area contributed by atoms with Crippen LogP contribution < -0.4 is 10.6 Å². The molecule has 2 atom stereocenters. The van der Waals surface area contributed by atoms with E-state index >= 15 is 0 Å². The molecule has 6 heteroatoms. The normalized spacial score (nSPS) is 24.3. The summed E-state index contributed by atoms with van der Waals surface area (Å²) >= 11 is 0. The predicted octanol–water partition coefficient (Wildman–Crippen LogP) is 3.52. The number of rotatable bonds is 6. The second-order valence-corrected chi connectivity index (χ2v) is 6.39. The number of aromatic hydroxyl groups is 1. The van der Waals surface area contributed by atoms with Gasteiger partial charge in [-0.25, -0.2) is 8.78 Å². The maximum Gasteiger partial charge on any atom is 0.272 e. The average molecular weight is 312 g/mol. The molecule has 4 nitrogen and oxygen atoms in total. The predicted molar refractivity (Wildman–Crippen MR) is 81.3 cm³/mol. The number of fused-ring (bicyclic) bond motifs is 1. The smallest absolute Gasteiger partial charge is 0.272 e. The molecule has 2 aliphatic rings. The summed E-state index contributed by atoms with van der Waals surface area (Å²) in [6, 6.07) is 2.98. The third-order valence-corrected chi connectivity index (χ3v) is 4.46. The van der Waals surface area contributed by atoms with Crippen LogP contribution in [-0.2, 0) is 0 Å². The van der Waals surface area contributed by atoms with Gasteiger partial charge in [0.25, 0.3) is 5.92 Å². The summed E-state index contributed by atoms with van der Waals surface area (Å²) in [7, 11) is 0. The second-order valence-electron chi connectivity index (χ2n) is 6.39. The molecule has 4 N–H and O–H groups in total. The van der Waals surface area contributed by atoms with Crippen molar-refractivity contribution in [3.8, 4) is 5.75 Å². The summed E-state index contributed by atoms with van der Waals surface area (Å²) in [6.45, 7) is 0. The van der Waals surface area contributed by atoms with E-state index in [0.29, 0.717) is 17.8 Å². The molecule has 0 aromatic heterocycles. The number of hydrogen-bond donors (Lipinski definition) is 4. The van der Waals surface area contributed by atoms with E-state index in [2.05, 4.69) is 10.6 Å². The van der Waals surface area contributed by atoms with Gasteiger partial charge in [0.05, 0.1) is 11.4 Å². The van der Waals surface area contributed by atoms with Crippen LogP contribution in [0, 0.1) is 5.92 Å². The highest BCUT2D eigenvalue weighted by atomic mass is 19.3. The molecule has 0 radical (unpaired) electrons. The Morgan fingerprint density at radius 2 is 1.91 bits per heavy atom. The molecule has 2 unspecified atom stereocenters. The third kappa shape index (κ3) is 3.43. The number of benzene rings is 1. The molecule has 1 aliphatic heterocycles. The molecule has 22 heavy (non-hydrogen) atoms. The first-order valence-corrected chi connectivity index (χ1v) is 7.88. The number of anilines is 2. The van der Waals surface area contributed by atoms with Crippen molar-refractivity contribution in [2.75, 3.05) is 10.6 Å². The van der Waals surface area contributed by atoms with Crippen LogP contribution in [0.5, 0.6) is 5.75 Å². The van der Waals surface area contributed by atoms with Gasteiger partial charge >= 0.3 is 0 Å². The number of phenols is 1. The first-order valence-electron chi connectivity index (χ1n) is 7.88. The molecule has 1 aromatic carbocycles. The van der Waals surface area contributed by atoms with Gasteiger partial charge in [-0.05, 0) is 24.5 Å². The summed E-state index contributed by atoms with van der Waals surface area (Å²) in [5.41, 5.74) is 0.888. The molecule has 1 aliphatic carbocycles. The van der Waals surface area contributed by atoms with E-state index < -0.39 is 18.2 Å². The van der Waals surface area contributed by atoms with Gasteiger partial charge in [0.2, 0.25) is 0 Å². The van der Waals surface area contributed by atoms with Gasteiger partial charge in [0.1, 0.15) is 11.8 Å². The van der Waals surface area contributed by atoms with Gasteiger partial charge in [-0.1, -0.05) is 25.7 Å². The molecule has 0 amide bonds. The Morgan fingerprint density at radius 3 is 2.64 bits per heavy atom. The van der Waals surface area contributed by atoms with Crippen molar-refractivity contribution in [3.63, 3.8) is 0 Å². The number of hydrogen-bond acceptors (Lipinski definition) is 4. The van der Waals surface area contributed by atoms with Crippen molar-refractivity contribution in [3.05, 3.63) is 18.2 Å². The highest BCUT2D eigenvalue weighted by Gasteiger charge is 2.45. The first-order chi connectivity index (χ1) is 10.5. The molecule has 1 saturated carbocycles. The Bertz CT molecular complexity index is 535.